The van der Waals surface area contributed by atoms with Crippen molar-refractivity contribution in [2.75, 3.05) is 5.32 Å². The molecule has 127 valence electrons. The van der Waals surface area contributed by atoms with Crippen molar-refractivity contribution < 1.29 is 58.6 Å². The molecule has 2 aromatic carbocycles. The molecule has 0 unspecified atom stereocenters. The van der Waals surface area contributed by atoms with Crippen LogP contribution in [-0.2, 0) is 53.8 Å². The van der Waals surface area contributed by atoms with E-state index < -0.39 is 0 Å². The molecule has 1 radical (unpaired) electrons. The first-order valence-corrected chi connectivity index (χ1v) is 7.62. The topological polar surface area (TPSA) is 34.0 Å². The smallest absolute Gasteiger partial charge is 0.214 e. The van der Waals surface area contributed by atoms with Crippen LogP contribution in [0, 0.1) is 40.8 Å². The van der Waals surface area contributed by atoms with Crippen molar-refractivity contribution in [1.82, 2.24) is 4.57 Å². The number of fused-ring (bicyclic) bond motifs is 1. The van der Waals surface area contributed by atoms with Gasteiger partial charge >= 0.3 is 0 Å². The predicted molar refractivity (Wildman–Crippen MR) is 94.9 cm³/mol. The Morgan fingerprint density at radius 2 is 1.60 bits per heavy atom. The quantitative estimate of drug-likeness (QED) is 0.446. The van der Waals surface area contributed by atoms with Crippen LogP contribution >= 0.6 is 0 Å². The number of nitrogens with one attached hydrogen (secondary N) is 1. The Morgan fingerprint density at radius 1 is 1.04 bits per heavy atom. The summed E-state index contributed by atoms with van der Waals surface area (Å²) in [7, 11) is 4.09. The molecule has 1 amide bonds. The summed E-state index contributed by atoms with van der Waals surface area (Å²) >= 11 is 0. The molecule has 1 heterocycles. The first-order valence-electron chi connectivity index (χ1n) is 7.62. The molecule has 1 aromatic heterocycles. The number of carbonyl (C=O) groups is 1. The Kier molecular flexibility index (Phi) is 7.68. The van der Waals surface area contributed by atoms with Crippen LogP contribution in [0.5, 0.6) is 0 Å². The van der Waals surface area contributed by atoms with Gasteiger partial charge in [-0.25, -0.2) is 0 Å². The Morgan fingerprint density at radius 3 is 2.20 bits per heavy atom. The summed E-state index contributed by atoms with van der Waals surface area (Å²) < 4.78 is 1.74. The fourth-order valence-electron chi connectivity index (χ4n) is 3.03. The van der Waals surface area contributed by atoms with E-state index in [4.69, 9.17) is 0 Å². The zero-order chi connectivity index (χ0) is 16.7. The van der Waals surface area contributed by atoms with Crippen molar-refractivity contribution in [2.45, 2.75) is 27.7 Å². The van der Waals surface area contributed by atoms with Gasteiger partial charge in [-0.2, -0.15) is 18.2 Å². The number of aromatic nitrogens is 1. The average molecular weight is 577 g/mol. The second-order valence-electron chi connectivity index (χ2n) is 5.96. The van der Waals surface area contributed by atoms with E-state index in [0.29, 0.717) is 5.69 Å². The number of amides is 1. The van der Waals surface area contributed by atoms with Gasteiger partial charge in [-0.05, 0) is 33.3 Å². The second kappa shape index (κ2) is 8.67. The first-order chi connectivity index (χ1) is 10.9. The van der Waals surface area contributed by atoms with Crippen molar-refractivity contribution in [2.24, 2.45) is 0 Å². The number of benzene rings is 2. The monoisotopic (exact) mass is 577 g/mol. The van der Waals surface area contributed by atoms with Crippen LogP contribution in [-0.4, -0.2) is 10.5 Å². The van der Waals surface area contributed by atoms with E-state index in [0.717, 1.165) is 16.6 Å². The number of hydrogen-bond acceptors (Lipinski definition) is 1. The van der Waals surface area contributed by atoms with E-state index in [1.54, 1.807) is 16.7 Å². The molecule has 5 heteroatoms. The molecule has 3 nitrogen and oxygen atoms in total. The number of nitrogens with zero attached hydrogens (tertiary/aromatic N) is 1. The molecule has 0 aliphatic carbocycles. The van der Waals surface area contributed by atoms with Crippen molar-refractivity contribution in [1.29, 1.82) is 0 Å². The van der Waals surface area contributed by atoms with E-state index in [1.807, 2.05) is 18.2 Å². The summed E-state index contributed by atoms with van der Waals surface area (Å²) in [6, 6.07) is 12.1. The molecule has 0 aliphatic rings. The fourth-order valence-corrected chi connectivity index (χ4v) is 3.03. The molecule has 0 spiro atoms. The van der Waals surface area contributed by atoms with Gasteiger partial charge in [0, 0.05) is 59.5 Å². The molecule has 0 saturated carbocycles. The fraction of sp³-hybridized carbons (Fsp3) is 0.200. The van der Waals surface area contributed by atoms with Gasteiger partial charge in [0.1, 0.15) is 0 Å². The predicted octanol–water partition coefficient (Wildman–Crippen LogP) is 4.56. The minimum Gasteiger partial charge on any atom is -0.477 e. The zero-order valence-electron chi connectivity index (χ0n) is 14.9. The first kappa shape index (κ1) is 22.2. The van der Waals surface area contributed by atoms with Crippen LogP contribution in [0.25, 0.3) is 10.9 Å². The number of carbonyl (C=O) groups excluding carboxylic acids is 1. The number of aryl methyl sites for hydroxylation is 2. The van der Waals surface area contributed by atoms with Crippen LogP contribution < -0.4 is 5.32 Å². The van der Waals surface area contributed by atoms with E-state index >= 15 is 0 Å². The van der Waals surface area contributed by atoms with Gasteiger partial charge in [0.15, 0.2) is 0 Å². The van der Waals surface area contributed by atoms with Gasteiger partial charge < -0.3 is 9.88 Å². The van der Waals surface area contributed by atoms with Crippen LogP contribution in [0.4, 0.5) is 5.69 Å². The van der Waals surface area contributed by atoms with Crippen molar-refractivity contribution in [3.05, 3.63) is 71.4 Å². The van der Waals surface area contributed by atoms with Crippen LogP contribution in [0.3, 0.4) is 0 Å². The molecule has 25 heavy (non-hydrogen) atoms. The molecule has 0 saturated heterocycles. The zero-order valence-corrected chi connectivity index (χ0v) is 20.7. The van der Waals surface area contributed by atoms with Gasteiger partial charge in [0.25, 0.3) is 0 Å². The van der Waals surface area contributed by atoms with Crippen molar-refractivity contribution in [3.63, 3.8) is 0 Å². The standard InChI is InChI=1S/C20H20N2O.W.Y/c1-12-13(2)15(4)19-17(14(12)3)11-18(22(19)5)20(23)21-16-9-7-6-8-10-16;;/h7-11H,5H2,1-4H3,(H,21,23);;/q-2;;. The summed E-state index contributed by atoms with van der Waals surface area (Å²) in [5, 5.41) is 4.00. The van der Waals surface area contributed by atoms with Gasteiger partial charge in [-0.15, -0.1) is 19.2 Å². The maximum absolute atomic E-state index is 12.6. The average Bonchev–Trinajstić information content (AvgIpc) is 2.89. The van der Waals surface area contributed by atoms with E-state index in [9.17, 15) is 4.79 Å². The summed E-state index contributed by atoms with van der Waals surface area (Å²) in [6.07, 6.45) is 0. The third-order valence-electron chi connectivity index (χ3n) is 4.75. The minimum absolute atomic E-state index is 0. The SMILES string of the molecule is [CH2-]n1c(C(=O)Nc2cc[c-]cc2)cc2c(C)c(C)c(C)c(C)c21.[W].[Y]. The Labute approximate surface area is 188 Å². The van der Waals surface area contributed by atoms with Crippen molar-refractivity contribution in [3.8, 4) is 0 Å². The molecule has 0 bridgehead atoms. The molecule has 0 aliphatic heterocycles. The molecular formula is C20H20N2OWY-2. The minimum atomic E-state index is -0.156. The maximum atomic E-state index is 12.6. The Hall–Kier alpha value is -0.888. The Balaban J connectivity index is 0.00000156. The van der Waals surface area contributed by atoms with Gasteiger partial charge in [-0.3, -0.25) is 4.79 Å². The van der Waals surface area contributed by atoms with E-state index in [1.165, 1.54) is 22.3 Å². The maximum Gasteiger partial charge on any atom is 0.214 e. The van der Waals surface area contributed by atoms with Crippen LogP contribution in [0.15, 0.2) is 30.3 Å². The largest absolute Gasteiger partial charge is 0.477 e. The molecule has 0 fully saturated rings. The second-order valence-corrected chi connectivity index (χ2v) is 5.96. The summed E-state index contributed by atoms with van der Waals surface area (Å²) in [6.45, 7) is 8.42. The molecular weight excluding hydrogens is 557 g/mol. The van der Waals surface area contributed by atoms with E-state index in [2.05, 4.69) is 46.1 Å². The van der Waals surface area contributed by atoms with Gasteiger partial charge in [0.2, 0.25) is 5.91 Å². The third kappa shape index (κ3) is 3.94. The van der Waals surface area contributed by atoms with Crippen LogP contribution in [0.2, 0.25) is 0 Å². The molecule has 3 rings (SSSR count). The number of anilines is 1. The normalized spacial score (nSPS) is 10.1. The summed E-state index contributed by atoms with van der Waals surface area (Å²) in [5.41, 5.74) is 7.23. The van der Waals surface area contributed by atoms with Gasteiger partial charge in [0.05, 0.1) is 0 Å². The number of hydrogen-bond donors (Lipinski definition) is 1. The van der Waals surface area contributed by atoms with E-state index in [-0.39, 0.29) is 59.7 Å². The molecule has 3 aromatic rings. The van der Waals surface area contributed by atoms with Crippen molar-refractivity contribution >= 4 is 22.5 Å². The molecule has 1 N–H and O–H groups in total. The summed E-state index contributed by atoms with van der Waals surface area (Å²) in [4.78, 5) is 12.6. The Bertz CT molecular complexity index is 917. The summed E-state index contributed by atoms with van der Waals surface area (Å²) in [5.74, 6) is -0.156. The molecule has 0 atom stereocenters. The third-order valence-corrected chi connectivity index (χ3v) is 4.75. The van der Waals surface area contributed by atoms with Gasteiger partial charge in [-0.1, -0.05) is 39.3 Å². The number of rotatable bonds is 2. The van der Waals surface area contributed by atoms with Crippen LogP contribution in [0.1, 0.15) is 32.7 Å².